The molecule has 0 aliphatic carbocycles. The van der Waals surface area contributed by atoms with Crippen molar-refractivity contribution in [1.82, 2.24) is 9.55 Å². The van der Waals surface area contributed by atoms with Crippen molar-refractivity contribution in [1.29, 1.82) is 0 Å². The molecule has 5 rings (SSSR count). The molecule has 44 heavy (non-hydrogen) atoms. The van der Waals surface area contributed by atoms with E-state index in [1.54, 1.807) is 66.7 Å². The molecule has 1 fully saturated rings. The van der Waals surface area contributed by atoms with Crippen LogP contribution in [0.3, 0.4) is 0 Å². The van der Waals surface area contributed by atoms with Crippen molar-refractivity contribution in [2.75, 3.05) is 6.61 Å². The van der Waals surface area contributed by atoms with Crippen LogP contribution in [0.2, 0.25) is 0 Å². The summed E-state index contributed by atoms with van der Waals surface area (Å²) in [6.45, 7) is 3.14. The average molecular weight is 595 g/mol. The Morgan fingerprint density at radius 2 is 1.39 bits per heavy atom. The molecule has 222 valence electrons. The first-order chi connectivity index (χ1) is 21.3. The summed E-state index contributed by atoms with van der Waals surface area (Å²) in [6.07, 6.45) is -1.99. The predicted octanol–water partition coefficient (Wildman–Crippen LogP) is 3.45. The standard InChI is InChI=1S/C33H26N2O9/c1-2-19-33(44-30(39)24-16-10-5-11-17-24)27(43-29(38)23-14-8-4-9-15-23)25(21-41-28(37)22-12-6-3-7-13-22)42-31(33)35-20-18-26(36)34-32(35)40/h3-20,25,27,31H,1,21H2,(H,34,36,40)/t25-,27?,31-,33?/m1/s1. The number of carbonyl (C=O) groups excluding carboxylic acids is 3. The molecule has 2 unspecified atom stereocenters. The summed E-state index contributed by atoms with van der Waals surface area (Å²) in [4.78, 5) is 66.9. The molecule has 0 amide bonds. The summed E-state index contributed by atoms with van der Waals surface area (Å²) in [7, 11) is 0. The van der Waals surface area contributed by atoms with Gasteiger partial charge in [0.15, 0.2) is 12.3 Å². The molecule has 1 saturated heterocycles. The summed E-state index contributed by atoms with van der Waals surface area (Å²) in [5, 5.41) is 0. The van der Waals surface area contributed by atoms with E-state index in [0.717, 1.165) is 16.8 Å². The lowest BCUT2D eigenvalue weighted by atomic mass is 9.92. The van der Waals surface area contributed by atoms with E-state index >= 15 is 0 Å². The van der Waals surface area contributed by atoms with Crippen molar-refractivity contribution >= 4 is 17.9 Å². The van der Waals surface area contributed by atoms with Gasteiger partial charge >= 0.3 is 23.6 Å². The first-order valence-electron chi connectivity index (χ1n) is 13.4. The molecule has 2 heterocycles. The number of nitrogens with one attached hydrogen (secondary N) is 1. The van der Waals surface area contributed by atoms with Crippen molar-refractivity contribution in [3.8, 4) is 0 Å². The fourth-order valence-corrected chi connectivity index (χ4v) is 4.78. The second-order valence-corrected chi connectivity index (χ2v) is 9.66. The second kappa shape index (κ2) is 13.0. The highest BCUT2D eigenvalue weighted by Crippen LogP contribution is 2.44. The second-order valence-electron chi connectivity index (χ2n) is 9.66. The van der Waals surface area contributed by atoms with E-state index in [-0.39, 0.29) is 16.7 Å². The molecule has 3 aromatic carbocycles. The molecule has 0 bridgehead atoms. The monoisotopic (exact) mass is 594 g/mol. The van der Waals surface area contributed by atoms with E-state index in [1.165, 1.54) is 30.3 Å². The van der Waals surface area contributed by atoms with Crippen LogP contribution in [-0.2, 0) is 18.9 Å². The highest BCUT2D eigenvalue weighted by molar-refractivity contribution is 5.91. The lowest BCUT2D eigenvalue weighted by Crippen LogP contribution is -2.52. The van der Waals surface area contributed by atoms with Crippen LogP contribution in [0.1, 0.15) is 37.3 Å². The largest absolute Gasteiger partial charge is 0.459 e. The Labute approximate surface area is 250 Å². The lowest BCUT2D eigenvalue weighted by Gasteiger charge is -2.35. The van der Waals surface area contributed by atoms with E-state index in [4.69, 9.17) is 18.9 Å². The van der Waals surface area contributed by atoms with Crippen LogP contribution in [0.5, 0.6) is 0 Å². The quantitative estimate of drug-likeness (QED) is 0.175. The lowest BCUT2D eigenvalue weighted by molar-refractivity contribution is -0.0947. The highest BCUT2D eigenvalue weighted by atomic mass is 16.7. The number of aromatic nitrogens is 2. The normalized spacial score (nSPS) is 20.6. The summed E-state index contributed by atoms with van der Waals surface area (Å²) in [5.41, 5.74) is -0.544. The first kappa shape index (κ1) is 29.7. The smallest absolute Gasteiger partial charge is 0.339 e. The van der Waals surface area contributed by atoms with Crippen molar-refractivity contribution in [2.24, 2.45) is 0 Å². The van der Waals surface area contributed by atoms with Gasteiger partial charge in [-0.25, -0.2) is 19.2 Å². The summed E-state index contributed by atoms with van der Waals surface area (Å²) in [5.74, 6) is -2.37. The zero-order valence-corrected chi connectivity index (χ0v) is 23.2. The third-order valence-electron chi connectivity index (χ3n) is 6.81. The third kappa shape index (κ3) is 6.19. The number of carbonyl (C=O) groups is 3. The molecular formula is C33H26N2O9. The van der Waals surface area contributed by atoms with Crippen LogP contribution in [0.25, 0.3) is 0 Å². The van der Waals surface area contributed by atoms with Gasteiger partial charge in [0.05, 0.1) is 16.7 Å². The van der Waals surface area contributed by atoms with Gasteiger partial charge in [0, 0.05) is 18.3 Å². The predicted molar refractivity (Wildman–Crippen MR) is 156 cm³/mol. The van der Waals surface area contributed by atoms with Gasteiger partial charge in [-0.1, -0.05) is 61.2 Å². The number of ether oxygens (including phenoxy) is 4. The Morgan fingerprint density at radius 1 is 0.841 bits per heavy atom. The third-order valence-corrected chi connectivity index (χ3v) is 6.81. The zero-order chi connectivity index (χ0) is 31.1. The van der Waals surface area contributed by atoms with Crippen molar-refractivity contribution in [3.63, 3.8) is 0 Å². The maximum atomic E-state index is 13.5. The number of esters is 3. The van der Waals surface area contributed by atoms with E-state index in [1.807, 2.05) is 0 Å². The van der Waals surface area contributed by atoms with Gasteiger partial charge in [-0.3, -0.25) is 14.3 Å². The number of aromatic amines is 1. The molecule has 4 aromatic rings. The van der Waals surface area contributed by atoms with Gasteiger partial charge in [-0.05, 0) is 36.4 Å². The van der Waals surface area contributed by atoms with E-state index in [0.29, 0.717) is 0 Å². The van der Waals surface area contributed by atoms with Crippen LogP contribution in [0.4, 0.5) is 0 Å². The molecule has 0 radical (unpaired) electrons. The summed E-state index contributed by atoms with van der Waals surface area (Å²) >= 11 is 0. The van der Waals surface area contributed by atoms with Crippen LogP contribution < -0.4 is 11.2 Å². The Hall–Kier alpha value is -5.77. The molecular weight excluding hydrogens is 568 g/mol. The fourth-order valence-electron chi connectivity index (χ4n) is 4.78. The topological polar surface area (TPSA) is 143 Å². The molecule has 1 N–H and O–H groups in total. The first-order valence-corrected chi connectivity index (χ1v) is 13.4. The molecule has 1 aliphatic rings. The van der Waals surface area contributed by atoms with Crippen LogP contribution >= 0.6 is 0 Å². The van der Waals surface area contributed by atoms with Crippen LogP contribution in [-0.4, -0.2) is 51.9 Å². The average Bonchev–Trinajstić information content (AvgIpc) is 3.32. The minimum atomic E-state index is -2.09. The molecule has 0 spiro atoms. The van der Waals surface area contributed by atoms with Crippen LogP contribution in [0.15, 0.2) is 131 Å². The Kier molecular flexibility index (Phi) is 8.80. The number of H-pyrrole nitrogens is 1. The van der Waals surface area contributed by atoms with Gasteiger partial charge in [0.25, 0.3) is 5.56 Å². The number of rotatable bonds is 9. The molecule has 11 nitrogen and oxygen atoms in total. The maximum absolute atomic E-state index is 13.5. The van der Waals surface area contributed by atoms with Crippen molar-refractivity contribution in [2.45, 2.75) is 24.0 Å². The van der Waals surface area contributed by atoms with E-state index in [9.17, 15) is 24.0 Å². The van der Waals surface area contributed by atoms with E-state index < -0.39 is 59.8 Å². The van der Waals surface area contributed by atoms with Gasteiger partial charge < -0.3 is 18.9 Å². The highest BCUT2D eigenvalue weighted by Gasteiger charge is 2.62. The Bertz CT molecular complexity index is 1810. The minimum Gasteiger partial charge on any atom is -0.459 e. The number of hydrogen-bond acceptors (Lipinski definition) is 9. The summed E-state index contributed by atoms with van der Waals surface area (Å²) in [6, 6.07) is 25.2. The van der Waals surface area contributed by atoms with Gasteiger partial charge in [-0.15, -0.1) is 5.73 Å². The fraction of sp³-hybridized carbons (Fsp3) is 0.152. The molecule has 11 heteroatoms. The van der Waals surface area contributed by atoms with Crippen molar-refractivity contribution < 1.29 is 33.3 Å². The molecule has 1 aliphatic heterocycles. The maximum Gasteiger partial charge on any atom is 0.339 e. The number of hydrogen-bond donors (Lipinski definition) is 1. The van der Waals surface area contributed by atoms with Gasteiger partial charge in [0.2, 0.25) is 5.60 Å². The van der Waals surface area contributed by atoms with E-state index in [2.05, 4.69) is 17.3 Å². The van der Waals surface area contributed by atoms with Crippen LogP contribution in [0, 0.1) is 0 Å². The van der Waals surface area contributed by atoms with Gasteiger partial charge in [0.1, 0.15) is 12.7 Å². The molecule has 0 saturated carbocycles. The van der Waals surface area contributed by atoms with Gasteiger partial charge in [-0.2, -0.15) is 0 Å². The number of benzene rings is 3. The molecule has 4 atom stereocenters. The summed E-state index contributed by atoms with van der Waals surface area (Å²) < 4.78 is 24.7. The zero-order valence-electron chi connectivity index (χ0n) is 23.2. The Morgan fingerprint density at radius 3 is 1.93 bits per heavy atom. The Balaban J connectivity index is 1.62. The number of nitrogens with zero attached hydrogens (tertiary/aromatic N) is 1. The SMILES string of the molecule is C=C=CC1(OC(=O)c2ccccc2)C(OC(=O)c2ccccc2)[C@@H](COC(=O)c2ccccc2)O[C@H]1n1ccc(=O)[nH]c1=O. The molecule has 1 aromatic heterocycles. The minimum absolute atomic E-state index is 0.143. The van der Waals surface area contributed by atoms with Crippen molar-refractivity contribution in [3.05, 3.63) is 159 Å².